The van der Waals surface area contributed by atoms with Crippen LogP contribution in [0.2, 0.25) is 0 Å². The third-order valence-corrected chi connectivity index (χ3v) is 5.96. The molecule has 1 amide bonds. The minimum absolute atomic E-state index is 0.0272. The van der Waals surface area contributed by atoms with Crippen LogP contribution in [0.15, 0.2) is 12.1 Å². The predicted molar refractivity (Wildman–Crippen MR) is 101 cm³/mol. The Bertz CT molecular complexity index is 803. The van der Waals surface area contributed by atoms with Gasteiger partial charge in [-0.2, -0.15) is 0 Å². The third kappa shape index (κ3) is 4.86. The first-order chi connectivity index (χ1) is 13.8. The van der Waals surface area contributed by atoms with E-state index in [0.717, 1.165) is 25.7 Å². The van der Waals surface area contributed by atoms with Gasteiger partial charge >= 0.3 is 11.9 Å². The van der Waals surface area contributed by atoms with Crippen molar-refractivity contribution in [2.24, 2.45) is 11.8 Å². The molecule has 1 aliphatic heterocycles. The maximum Gasteiger partial charge on any atom is 0.306 e. The number of esters is 1. The maximum absolute atomic E-state index is 14.1. The molecular formula is C21H26FNO6. The summed E-state index contributed by atoms with van der Waals surface area (Å²) in [5.74, 6) is -2.76. The number of fused-ring (bicyclic) bond motifs is 1. The highest BCUT2D eigenvalue weighted by Crippen LogP contribution is 2.35. The van der Waals surface area contributed by atoms with Crippen molar-refractivity contribution in [2.45, 2.75) is 58.1 Å². The van der Waals surface area contributed by atoms with Crippen molar-refractivity contribution in [3.8, 4) is 5.75 Å². The van der Waals surface area contributed by atoms with Gasteiger partial charge in [0.15, 0.2) is 11.6 Å². The topological polar surface area (TPSA) is 104 Å². The molecule has 7 nitrogen and oxygen atoms in total. The number of phenolic OH excluding ortho intramolecular Hbond substituents is 1. The maximum atomic E-state index is 14.1. The molecule has 8 heteroatoms. The highest BCUT2D eigenvalue weighted by atomic mass is 19.1. The Morgan fingerprint density at radius 1 is 1.24 bits per heavy atom. The molecule has 1 heterocycles. The van der Waals surface area contributed by atoms with Crippen LogP contribution in [0.3, 0.4) is 0 Å². The molecular weight excluding hydrogens is 381 g/mol. The van der Waals surface area contributed by atoms with Crippen molar-refractivity contribution in [2.75, 3.05) is 6.54 Å². The van der Waals surface area contributed by atoms with Gasteiger partial charge in [-0.05, 0) is 56.1 Å². The molecule has 2 N–H and O–H groups in total. The number of aromatic hydroxyl groups is 1. The second kappa shape index (κ2) is 8.80. The fraction of sp³-hybridized carbons (Fsp3) is 0.571. The first-order valence-corrected chi connectivity index (χ1v) is 9.97. The summed E-state index contributed by atoms with van der Waals surface area (Å²) in [5.41, 5.74) is 0.571. The number of carboxylic acid groups (broad SMARTS) is 1. The smallest absolute Gasteiger partial charge is 0.306 e. The van der Waals surface area contributed by atoms with E-state index in [1.807, 2.05) is 6.92 Å². The number of carboxylic acids is 1. The van der Waals surface area contributed by atoms with Gasteiger partial charge in [0.05, 0.1) is 18.4 Å². The van der Waals surface area contributed by atoms with Crippen LogP contribution in [0.1, 0.15) is 61.4 Å². The molecule has 1 fully saturated rings. The summed E-state index contributed by atoms with van der Waals surface area (Å²) < 4.78 is 19.4. The van der Waals surface area contributed by atoms with Crippen LogP contribution in [0, 0.1) is 17.7 Å². The Morgan fingerprint density at radius 3 is 2.59 bits per heavy atom. The van der Waals surface area contributed by atoms with Crippen LogP contribution in [0.4, 0.5) is 4.39 Å². The number of phenols is 1. The van der Waals surface area contributed by atoms with Crippen molar-refractivity contribution in [1.29, 1.82) is 0 Å². The van der Waals surface area contributed by atoms with Crippen LogP contribution in [0.5, 0.6) is 5.75 Å². The van der Waals surface area contributed by atoms with E-state index in [2.05, 4.69) is 0 Å². The van der Waals surface area contributed by atoms with Crippen molar-refractivity contribution in [3.63, 3.8) is 0 Å². The molecule has 2 aliphatic rings. The summed E-state index contributed by atoms with van der Waals surface area (Å²) in [6, 6.07) is 2.86. The molecule has 0 radical (unpaired) electrons. The molecule has 3 rings (SSSR count). The van der Waals surface area contributed by atoms with Gasteiger partial charge in [0.1, 0.15) is 6.10 Å². The highest BCUT2D eigenvalue weighted by molar-refractivity contribution is 5.99. The number of carbonyl (C=O) groups excluding carboxylic acids is 2. The lowest BCUT2D eigenvalue weighted by molar-refractivity contribution is -0.154. The molecule has 1 aromatic carbocycles. The zero-order chi connectivity index (χ0) is 21.1. The molecule has 29 heavy (non-hydrogen) atoms. The van der Waals surface area contributed by atoms with Crippen LogP contribution in [0.25, 0.3) is 0 Å². The standard InChI is InChI=1S/C21H26FNO6/c1-12(29-18(27)9-8-17(25)26)14-4-2-13(3-5-14)10-23-11-15-6-7-16(24)20(22)19(15)21(23)28/h6-7,12-14,24H,2-5,8-11H2,1H3,(H,25,26)/t12?,13-,14-. The molecule has 1 aromatic rings. The fourth-order valence-corrected chi connectivity index (χ4v) is 4.27. The summed E-state index contributed by atoms with van der Waals surface area (Å²) in [5, 5.41) is 18.1. The van der Waals surface area contributed by atoms with Crippen LogP contribution in [-0.2, 0) is 20.9 Å². The zero-order valence-electron chi connectivity index (χ0n) is 16.4. The summed E-state index contributed by atoms with van der Waals surface area (Å²) in [7, 11) is 0. The van der Waals surface area contributed by atoms with Crippen molar-refractivity contribution in [1.82, 2.24) is 4.90 Å². The zero-order valence-corrected chi connectivity index (χ0v) is 16.4. The van der Waals surface area contributed by atoms with Crippen LogP contribution < -0.4 is 0 Å². The van der Waals surface area contributed by atoms with Gasteiger partial charge < -0.3 is 19.8 Å². The predicted octanol–water partition coefficient (Wildman–Crippen LogP) is 3.09. The number of ether oxygens (including phenoxy) is 1. The Kier molecular flexibility index (Phi) is 6.39. The number of hydrogen-bond acceptors (Lipinski definition) is 5. The fourth-order valence-electron chi connectivity index (χ4n) is 4.27. The summed E-state index contributed by atoms with van der Waals surface area (Å²) in [6.07, 6.45) is 2.81. The Morgan fingerprint density at radius 2 is 1.93 bits per heavy atom. The SMILES string of the molecule is CC(OC(=O)CCC(=O)O)[C@H]1CC[C@H](CN2Cc3ccc(O)c(F)c3C2=O)CC1. The Hall–Kier alpha value is -2.64. The average Bonchev–Trinajstić information content (AvgIpc) is 3.00. The molecule has 1 atom stereocenters. The number of benzene rings is 1. The van der Waals surface area contributed by atoms with E-state index in [1.54, 1.807) is 11.0 Å². The van der Waals surface area contributed by atoms with Crippen molar-refractivity contribution in [3.05, 3.63) is 29.1 Å². The van der Waals surface area contributed by atoms with Gasteiger partial charge in [-0.15, -0.1) is 0 Å². The first-order valence-electron chi connectivity index (χ1n) is 9.97. The summed E-state index contributed by atoms with van der Waals surface area (Å²) >= 11 is 0. The quantitative estimate of drug-likeness (QED) is 0.673. The number of halogens is 1. The number of aliphatic carboxylic acids is 1. The summed E-state index contributed by atoms with van der Waals surface area (Å²) in [6.45, 7) is 2.72. The molecule has 0 saturated heterocycles. The molecule has 0 bridgehead atoms. The van der Waals surface area contributed by atoms with Gasteiger partial charge in [0.25, 0.3) is 5.91 Å². The number of carbonyl (C=O) groups is 3. The summed E-state index contributed by atoms with van der Waals surface area (Å²) in [4.78, 5) is 36.4. The second-order valence-corrected chi connectivity index (χ2v) is 7.99. The van der Waals surface area contributed by atoms with Crippen LogP contribution in [-0.4, -0.2) is 45.6 Å². The van der Waals surface area contributed by atoms with E-state index in [-0.39, 0.29) is 42.3 Å². The number of amides is 1. The third-order valence-electron chi connectivity index (χ3n) is 5.96. The second-order valence-electron chi connectivity index (χ2n) is 7.99. The van der Waals surface area contributed by atoms with E-state index >= 15 is 0 Å². The van der Waals surface area contributed by atoms with Gasteiger partial charge in [0, 0.05) is 13.1 Å². The van der Waals surface area contributed by atoms with Gasteiger partial charge in [0.2, 0.25) is 0 Å². The minimum Gasteiger partial charge on any atom is -0.505 e. The van der Waals surface area contributed by atoms with E-state index < -0.39 is 23.5 Å². The van der Waals surface area contributed by atoms with Crippen LogP contribution >= 0.6 is 0 Å². The Labute approximate surface area is 168 Å². The normalized spacial score (nSPS) is 22.3. The van der Waals surface area contributed by atoms with E-state index in [9.17, 15) is 23.9 Å². The monoisotopic (exact) mass is 407 g/mol. The molecule has 0 aromatic heterocycles. The molecule has 158 valence electrons. The van der Waals surface area contributed by atoms with E-state index in [4.69, 9.17) is 9.84 Å². The van der Waals surface area contributed by atoms with Gasteiger partial charge in [-0.3, -0.25) is 14.4 Å². The highest BCUT2D eigenvalue weighted by Gasteiger charge is 2.35. The minimum atomic E-state index is -1.02. The molecule has 1 saturated carbocycles. The van der Waals surface area contributed by atoms with E-state index in [1.165, 1.54) is 6.07 Å². The van der Waals surface area contributed by atoms with Gasteiger partial charge in [-0.25, -0.2) is 4.39 Å². The van der Waals surface area contributed by atoms with Crippen molar-refractivity contribution >= 4 is 17.8 Å². The number of nitrogens with zero attached hydrogens (tertiary/aromatic N) is 1. The van der Waals surface area contributed by atoms with Crippen molar-refractivity contribution < 1.29 is 33.7 Å². The lowest BCUT2D eigenvalue weighted by atomic mass is 9.79. The lowest BCUT2D eigenvalue weighted by Gasteiger charge is -2.33. The number of rotatable bonds is 7. The number of hydrogen-bond donors (Lipinski definition) is 2. The molecule has 0 spiro atoms. The average molecular weight is 407 g/mol. The molecule has 1 unspecified atom stereocenters. The Balaban J connectivity index is 1.47. The molecule has 1 aliphatic carbocycles. The van der Waals surface area contributed by atoms with E-state index in [0.29, 0.717) is 18.7 Å². The largest absolute Gasteiger partial charge is 0.505 e. The first kappa shape index (κ1) is 21.1. The lowest BCUT2D eigenvalue weighted by Crippen LogP contribution is -2.34. The van der Waals surface area contributed by atoms with Gasteiger partial charge in [-0.1, -0.05) is 6.07 Å².